The lowest BCUT2D eigenvalue weighted by Crippen LogP contribution is -2.22. The van der Waals surface area contributed by atoms with Gasteiger partial charge in [0.1, 0.15) is 0 Å². The van der Waals surface area contributed by atoms with Crippen molar-refractivity contribution in [3.63, 3.8) is 0 Å². The molecule has 2 rings (SSSR count). The summed E-state index contributed by atoms with van der Waals surface area (Å²) < 4.78 is 1.91. The molecule has 0 radical (unpaired) electrons. The van der Waals surface area contributed by atoms with Crippen LogP contribution in [-0.4, -0.2) is 16.3 Å². The number of nitrogens with zero attached hydrogens (tertiary/aromatic N) is 2. The van der Waals surface area contributed by atoms with Crippen LogP contribution in [-0.2, 0) is 13.5 Å². The molecule has 2 aromatic rings. The van der Waals surface area contributed by atoms with Crippen LogP contribution in [0.3, 0.4) is 0 Å². The highest BCUT2D eigenvalue weighted by molar-refractivity contribution is 7.08. The van der Waals surface area contributed by atoms with E-state index < -0.39 is 0 Å². The van der Waals surface area contributed by atoms with E-state index in [0.29, 0.717) is 0 Å². The highest BCUT2D eigenvalue weighted by Gasteiger charge is 2.18. The molecule has 1 atom stereocenters. The van der Waals surface area contributed by atoms with Gasteiger partial charge >= 0.3 is 0 Å². The lowest BCUT2D eigenvalue weighted by molar-refractivity contribution is 0.627. The van der Waals surface area contributed by atoms with E-state index in [4.69, 9.17) is 0 Å². The van der Waals surface area contributed by atoms with Crippen molar-refractivity contribution in [1.82, 2.24) is 15.1 Å². The SMILES string of the molecule is CCNC(c1ccsc1)c1cn(C)nc1CC. The van der Waals surface area contributed by atoms with Crippen molar-refractivity contribution in [3.8, 4) is 0 Å². The summed E-state index contributed by atoms with van der Waals surface area (Å²) in [4.78, 5) is 0. The summed E-state index contributed by atoms with van der Waals surface area (Å²) in [5.74, 6) is 0. The first-order valence-electron chi connectivity index (χ1n) is 6.04. The van der Waals surface area contributed by atoms with Gasteiger partial charge in [0.25, 0.3) is 0 Å². The van der Waals surface area contributed by atoms with E-state index in [2.05, 4.69) is 47.3 Å². The van der Waals surface area contributed by atoms with Gasteiger partial charge in [0.05, 0.1) is 11.7 Å². The molecule has 0 saturated carbocycles. The fraction of sp³-hybridized carbons (Fsp3) is 0.462. The standard InChI is InChI=1S/C13H19N3S/c1-4-12-11(8-16(3)15-12)13(14-5-2)10-6-7-17-9-10/h6-9,13-14H,4-5H2,1-3H3. The molecule has 0 amide bonds. The molecule has 0 saturated heterocycles. The second-order valence-corrected chi connectivity index (χ2v) is 4.89. The van der Waals surface area contributed by atoms with Crippen LogP contribution < -0.4 is 5.32 Å². The summed E-state index contributed by atoms with van der Waals surface area (Å²) in [5.41, 5.74) is 3.82. The normalized spacial score (nSPS) is 12.9. The summed E-state index contributed by atoms with van der Waals surface area (Å²) in [5, 5.41) is 12.4. The minimum absolute atomic E-state index is 0.273. The minimum Gasteiger partial charge on any atom is -0.306 e. The van der Waals surface area contributed by atoms with Crippen LogP contribution in [0, 0.1) is 0 Å². The number of nitrogens with one attached hydrogen (secondary N) is 1. The van der Waals surface area contributed by atoms with Crippen molar-refractivity contribution < 1.29 is 0 Å². The molecule has 2 aromatic heterocycles. The van der Waals surface area contributed by atoms with E-state index in [0.717, 1.165) is 13.0 Å². The van der Waals surface area contributed by atoms with Crippen molar-refractivity contribution in [3.05, 3.63) is 39.8 Å². The van der Waals surface area contributed by atoms with E-state index in [1.807, 2.05) is 11.7 Å². The Balaban J connectivity index is 2.38. The molecule has 17 heavy (non-hydrogen) atoms. The Kier molecular flexibility index (Phi) is 3.97. The lowest BCUT2D eigenvalue weighted by Gasteiger charge is -2.16. The topological polar surface area (TPSA) is 29.9 Å². The van der Waals surface area contributed by atoms with Gasteiger partial charge in [-0.1, -0.05) is 13.8 Å². The molecule has 0 spiro atoms. The molecule has 0 bridgehead atoms. The Morgan fingerprint density at radius 1 is 1.47 bits per heavy atom. The smallest absolute Gasteiger partial charge is 0.0673 e. The average Bonchev–Trinajstić information content (AvgIpc) is 2.94. The molecule has 0 aromatic carbocycles. The van der Waals surface area contributed by atoms with Gasteiger partial charge in [-0.15, -0.1) is 0 Å². The fourth-order valence-electron chi connectivity index (χ4n) is 2.12. The quantitative estimate of drug-likeness (QED) is 0.883. The van der Waals surface area contributed by atoms with Gasteiger partial charge in [0.2, 0.25) is 0 Å². The fourth-order valence-corrected chi connectivity index (χ4v) is 2.81. The second-order valence-electron chi connectivity index (χ2n) is 4.11. The molecule has 0 aliphatic rings. The number of hydrogen-bond donors (Lipinski definition) is 1. The van der Waals surface area contributed by atoms with Crippen molar-refractivity contribution in [2.75, 3.05) is 6.54 Å². The van der Waals surface area contributed by atoms with E-state index in [9.17, 15) is 0 Å². The lowest BCUT2D eigenvalue weighted by atomic mass is 10.0. The van der Waals surface area contributed by atoms with Gasteiger partial charge < -0.3 is 5.32 Å². The summed E-state index contributed by atoms with van der Waals surface area (Å²) in [6.07, 6.45) is 3.10. The maximum absolute atomic E-state index is 4.52. The predicted molar refractivity (Wildman–Crippen MR) is 72.4 cm³/mol. The van der Waals surface area contributed by atoms with Crippen molar-refractivity contribution in [2.24, 2.45) is 7.05 Å². The third-order valence-electron chi connectivity index (χ3n) is 2.87. The van der Waals surface area contributed by atoms with Gasteiger partial charge in [0.15, 0.2) is 0 Å². The van der Waals surface area contributed by atoms with Gasteiger partial charge in [-0.2, -0.15) is 16.4 Å². The number of aryl methyl sites for hydroxylation is 2. The van der Waals surface area contributed by atoms with Crippen LogP contribution in [0.4, 0.5) is 0 Å². The number of aromatic nitrogens is 2. The Labute approximate surface area is 106 Å². The second kappa shape index (κ2) is 5.47. The summed E-state index contributed by atoms with van der Waals surface area (Å²) >= 11 is 1.74. The van der Waals surface area contributed by atoms with Crippen molar-refractivity contribution in [2.45, 2.75) is 26.3 Å². The molecule has 1 N–H and O–H groups in total. The largest absolute Gasteiger partial charge is 0.306 e. The van der Waals surface area contributed by atoms with E-state index >= 15 is 0 Å². The first-order valence-corrected chi connectivity index (χ1v) is 6.98. The molecule has 0 aliphatic carbocycles. The van der Waals surface area contributed by atoms with Crippen LogP contribution >= 0.6 is 11.3 Å². The van der Waals surface area contributed by atoms with Gasteiger partial charge in [-0.3, -0.25) is 4.68 Å². The van der Waals surface area contributed by atoms with Crippen LogP contribution in [0.1, 0.15) is 36.7 Å². The predicted octanol–water partition coefficient (Wildman–Crippen LogP) is 2.74. The zero-order valence-corrected chi connectivity index (χ0v) is 11.4. The van der Waals surface area contributed by atoms with Gasteiger partial charge in [0, 0.05) is 18.8 Å². The van der Waals surface area contributed by atoms with E-state index in [1.54, 1.807) is 11.3 Å². The van der Waals surface area contributed by atoms with Gasteiger partial charge in [-0.05, 0) is 35.4 Å². The Morgan fingerprint density at radius 3 is 2.88 bits per heavy atom. The molecule has 1 unspecified atom stereocenters. The Bertz CT molecular complexity index is 459. The van der Waals surface area contributed by atoms with Crippen LogP contribution in [0.5, 0.6) is 0 Å². The number of rotatable bonds is 5. The van der Waals surface area contributed by atoms with Gasteiger partial charge in [-0.25, -0.2) is 0 Å². The first-order chi connectivity index (χ1) is 8.26. The average molecular weight is 249 g/mol. The third-order valence-corrected chi connectivity index (χ3v) is 3.57. The molecular weight excluding hydrogens is 230 g/mol. The minimum atomic E-state index is 0.273. The van der Waals surface area contributed by atoms with Crippen LogP contribution in [0.2, 0.25) is 0 Å². The molecule has 4 heteroatoms. The molecule has 0 fully saturated rings. The number of thiophene rings is 1. The Hall–Kier alpha value is -1.13. The number of hydrogen-bond acceptors (Lipinski definition) is 3. The molecule has 3 nitrogen and oxygen atoms in total. The summed E-state index contributed by atoms with van der Waals surface area (Å²) in [6.45, 7) is 5.25. The highest BCUT2D eigenvalue weighted by atomic mass is 32.1. The summed E-state index contributed by atoms with van der Waals surface area (Å²) in [7, 11) is 1.99. The Morgan fingerprint density at radius 2 is 2.29 bits per heavy atom. The zero-order chi connectivity index (χ0) is 12.3. The van der Waals surface area contributed by atoms with Crippen LogP contribution in [0.25, 0.3) is 0 Å². The summed E-state index contributed by atoms with van der Waals surface area (Å²) in [6, 6.07) is 2.46. The molecular formula is C13H19N3S. The van der Waals surface area contributed by atoms with E-state index in [1.165, 1.54) is 16.8 Å². The van der Waals surface area contributed by atoms with Crippen molar-refractivity contribution >= 4 is 11.3 Å². The first kappa shape index (κ1) is 12.3. The molecule has 0 aliphatic heterocycles. The zero-order valence-electron chi connectivity index (χ0n) is 10.6. The maximum Gasteiger partial charge on any atom is 0.0673 e. The maximum atomic E-state index is 4.52. The monoisotopic (exact) mass is 249 g/mol. The van der Waals surface area contributed by atoms with E-state index in [-0.39, 0.29) is 6.04 Å². The molecule has 2 heterocycles. The third kappa shape index (κ3) is 2.58. The molecule has 92 valence electrons. The van der Waals surface area contributed by atoms with Crippen molar-refractivity contribution in [1.29, 1.82) is 0 Å². The van der Waals surface area contributed by atoms with Crippen LogP contribution in [0.15, 0.2) is 23.0 Å². The highest BCUT2D eigenvalue weighted by Crippen LogP contribution is 2.26.